The van der Waals surface area contributed by atoms with Crippen LogP contribution in [0, 0.1) is 0 Å². The lowest BCUT2D eigenvalue weighted by atomic mass is 10.1. The van der Waals surface area contributed by atoms with Gasteiger partial charge in [-0.25, -0.2) is 8.42 Å². The molecule has 6 nitrogen and oxygen atoms in total. The summed E-state index contributed by atoms with van der Waals surface area (Å²) in [4.78, 5) is 15.0. The number of anilines is 3. The third kappa shape index (κ3) is 4.97. The number of amides is 1. The van der Waals surface area contributed by atoms with Crippen LogP contribution in [-0.4, -0.2) is 40.2 Å². The van der Waals surface area contributed by atoms with E-state index < -0.39 is 15.9 Å². The fourth-order valence-electron chi connectivity index (χ4n) is 3.34. The Hall–Kier alpha value is -1.67. The minimum absolute atomic E-state index is 0.0554. The highest BCUT2D eigenvalue weighted by molar-refractivity contribution is 7.93. The van der Waals surface area contributed by atoms with E-state index >= 15 is 0 Å². The van der Waals surface area contributed by atoms with Crippen molar-refractivity contribution < 1.29 is 13.2 Å². The van der Waals surface area contributed by atoms with E-state index in [0.29, 0.717) is 29.4 Å². The molecule has 1 fully saturated rings. The van der Waals surface area contributed by atoms with Gasteiger partial charge in [0.15, 0.2) is 0 Å². The van der Waals surface area contributed by atoms with Gasteiger partial charge in [-0.2, -0.15) is 0 Å². The van der Waals surface area contributed by atoms with Crippen LogP contribution in [0.5, 0.6) is 0 Å². The molecule has 2 aromatic rings. The molecule has 1 saturated heterocycles. The Labute approximate surface area is 191 Å². The molecule has 3 rings (SSSR count). The summed E-state index contributed by atoms with van der Waals surface area (Å²) in [5, 5.41) is 3.42. The first-order valence-corrected chi connectivity index (χ1v) is 12.2. The molecule has 0 aromatic heterocycles. The van der Waals surface area contributed by atoms with E-state index in [9.17, 15) is 13.2 Å². The summed E-state index contributed by atoms with van der Waals surface area (Å²) >= 11 is 18.7. The minimum Gasteiger partial charge on any atom is -0.375 e. The molecular weight excluding hydrogens is 469 g/mol. The summed E-state index contributed by atoms with van der Waals surface area (Å²) in [6.07, 6.45) is 1.48. The maximum atomic E-state index is 13.0. The standard InChI is InChI=1S/C20H22Cl3N3O3S/c1-3-5-25(2)15-9-13(21)8-14(10-15)24-20(27)17-11-16(12-18(22)19(17)23)26-6-4-7-30(26,28)29/h8-12H,3-7H2,1-2H3,(H,24,27). The van der Waals surface area contributed by atoms with Crippen LogP contribution in [0.15, 0.2) is 30.3 Å². The van der Waals surface area contributed by atoms with Gasteiger partial charge in [0.05, 0.1) is 27.0 Å². The van der Waals surface area contributed by atoms with E-state index in [2.05, 4.69) is 12.2 Å². The van der Waals surface area contributed by atoms with Gasteiger partial charge in [0, 0.05) is 36.5 Å². The van der Waals surface area contributed by atoms with Crippen molar-refractivity contribution in [1.82, 2.24) is 0 Å². The van der Waals surface area contributed by atoms with Crippen molar-refractivity contribution in [1.29, 1.82) is 0 Å². The Balaban J connectivity index is 1.92. The molecule has 0 aliphatic carbocycles. The number of sulfonamides is 1. The Morgan fingerprint density at radius 2 is 1.90 bits per heavy atom. The average Bonchev–Trinajstić information content (AvgIpc) is 3.02. The van der Waals surface area contributed by atoms with Crippen LogP contribution in [0.4, 0.5) is 17.1 Å². The molecule has 0 bridgehead atoms. The number of nitrogens with one attached hydrogen (secondary N) is 1. The highest BCUT2D eigenvalue weighted by atomic mass is 35.5. The number of hydrogen-bond donors (Lipinski definition) is 1. The zero-order valence-electron chi connectivity index (χ0n) is 16.6. The van der Waals surface area contributed by atoms with Crippen molar-refractivity contribution in [2.75, 3.05) is 40.4 Å². The van der Waals surface area contributed by atoms with Gasteiger partial charge in [0.25, 0.3) is 5.91 Å². The summed E-state index contributed by atoms with van der Waals surface area (Å²) in [5.74, 6) is -0.447. The number of nitrogens with zero attached hydrogens (tertiary/aromatic N) is 2. The molecule has 1 amide bonds. The molecule has 2 aromatic carbocycles. The largest absolute Gasteiger partial charge is 0.375 e. The number of carbonyl (C=O) groups is 1. The maximum Gasteiger partial charge on any atom is 0.257 e. The number of rotatable bonds is 6. The molecule has 0 radical (unpaired) electrons. The molecule has 1 heterocycles. The molecule has 1 aliphatic heterocycles. The first-order valence-electron chi connectivity index (χ1n) is 9.45. The first-order chi connectivity index (χ1) is 14.1. The Morgan fingerprint density at radius 1 is 1.17 bits per heavy atom. The quantitative estimate of drug-likeness (QED) is 0.598. The van der Waals surface area contributed by atoms with E-state index in [1.54, 1.807) is 6.07 Å². The highest BCUT2D eigenvalue weighted by Gasteiger charge is 2.30. The summed E-state index contributed by atoms with van der Waals surface area (Å²) in [6, 6.07) is 8.16. The maximum absolute atomic E-state index is 13.0. The Morgan fingerprint density at radius 3 is 2.53 bits per heavy atom. The smallest absolute Gasteiger partial charge is 0.257 e. The van der Waals surface area contributed by atoms with Crippen LogP contribution in [-0.2, 0) is 10.0 Å². The first kappa shape index (κ1) is 23.0. The highest BCUT2D eigenvalue weighted by Crippen LogP contribution is 2.35. The van der Waals surface area contributed by atoms with Gasteiger partial charge >= 0.3 is 0 Å². The Bertz CT molecular complexity index is 1080. The lowest BCUT2D eigenvalue weighted by Crippen LogP contribution is -2.25. The van der Waals surface area contributed by atoms with Crippen molar-refractivity contribution in [3.05, 3.63) is 51.0 Å². The summed E-state index contributed by atoms with van der Waals surface area (Å²) in [6.45, 7) is 3.24. The van der Waals surface area contributed by atoms with Crippen molar-refractivity contribution in [2.45, 2.75) is 19.8 Å². The van der Waals surface area contributed by atoms with Crippen molar-refractivity contribution in [3.8, 4) is 0 Å². The van der Waals surface area contributed by atoms with Crippen LogP contribution in [0.25, 0.3) is 0 Å². The van der Waals surface area contributed by atoms with Gasteiger partial charge in [0.1, 0.15) is 0 Å². The van der Waals surface area contributed by atoms with E-state index in [0.717, 1.165) is 18.7 Å². The fourth-order valence-corrected chi connectivity index (χ4v) is 5.53. The number of carbonyl (C=O) groups excluding carboxylic acids is 1. The number of halogens is 3. The molecule has 0 saturated carbocycles. The van der Waals surface area contributed by atoms with Gasteiger partial charge in [-0.3, -0.25) is 9.10 Å². The van der Waals surface area contributed by atoms with Gasteiger partial charge in [0.2, 0.25) is 10.0 Å². The molecule has 0 atom stereocenters. The fraction of sp³-hybridized carbons (Fsp3) is 0.350. The van der Waals surface area contributed by atoms with E-state index in [1.807, 2.05) is 24.1 Å². The average molecular weight is 491 g/mol. The molecule has 10 heteroatoms. The lowest BCUT2D eigenvalue weighted by molar-refractivity contribution is 0.102. The van der Waals surface area contributed by atoms with Gasteiger partial charge < -0.3 is 10.2 Å². The third-order valence-electron chi connectivity index (χ3n) is 4.79. The van der Waals surface area contributed by atoms with Gasteiger partial charge in [-0.1, -0.05) is 41.7 Å². The lowest BCUT2D eigenvalue weighted by Gasteiger charge is -2.20. The predicted octanol–water partition coefficient (Wildman–Crippen LogP) is 5.29. The van der Waals surface area contributed by atoms with Crippen molar-refractivity contribution >= 4 is 67.8 Å². The second kappa shape index (κ2) is 9.22. The van der Waals surface area contributed by atoms with Gasteiger partial charge in [-0.15, -0.1) is 0 Å². The van der Waals surface area contributed by atoms with Crippen LogP contribution >= 0.6 is 34.8 Å². The Kier molecular flexibility index (Phi) is 7.07. The van der Waals surface area contributed by atoms with Crippen molar-refractivity contribution in [2.24, 2.45) is 0 Å². The van der Waals surface area contributed by atoms with E-state index in [-0.39, 0.29) is 21.4 Å². The second-order valence-corrected chi connectivity index (χ2v) is 10.3. The molecule has 0 spiro atoms. The molecule has 162 valence electrons. The van der Waals surface area contributed by atoms with E-state index in [4.69, 9.17) is 34.8 Å². The number of hydrogen-bond acceptors (Lipinski definition) is 4. The van der Waals surface area contributed by atoms with E-state index in [1.165, 1.54) is 16.4 Å². The summed E-state index contributed by atoms with van der Waals surface area (Å²) in [7, 11) is -1.48. The van der Waals surface area contributed by atoms with Gasteiger partial charge in [-0.05, 0) is 43.2 Å². The van der Waals surface area contributed by atoms with Crippen LogP contribution in [0.3, 0.4) is 0 Å². The third-order valence-corrected chi connectivity index (χ3v) is 7.67. The molecule has 1 aliphatic rings. The normalized spacial score (nSPS) is 15.3. The summed E-state index contributed by atoms with van der Waals surface area (Å²) < 4.78 is 25.8. The van der Waals surface area contributed by atoms with Crippen molar-refractivity contribution in [3.63, 3.8) is 0 Å². The molecule has 1 N–H and O–H groups in total. The second-order valence-electron chi connectivity index (χ2n) is 7.10. The molecule has 0 unspecified atom stereocenters. The monoisotopic (exact) mass is 489 g/mol. The van der Waals surface area contributed by atoms with Crippen LogP contribution in [0.1, 0.15) is 30.1 Å². The molecular formula is C20H22Cl3N3O3S. The van der Waals surface area contributed by atoms with Crippen LogP contribution < -0.4 is 14.5 Å². The topological polar surface area (TPSA) is 69.7 Å². The molecule has 30 heavy (non-hydrogen) atoms. The predicted molar refractivity (Wildman–Crippen MR) is 125 cm³/mol. The SMILES string of the molecule is CCCN(C)c1cc(Cl)cc(NC(=O)c2cc(N3CCCS3(=O)=O)cc(Cl)c2Cl)c1. The summed E-state index contributed by atoms with van der Waals surface area (Å²) in [5.41, 5.74) is 1.77. The minimum atomic E-state index is -3.42. The number of benzene rings is 2. The van der Waals surface area contributed by atoms with Crippen LogP contribution in [0.2, 0.25) is 15.1 Å². The zero-order chi connectivity index (χ0) is 22.1. The zero-order valence-corrected chi connectivity index (χ0v) is 19.7.